The Morgan fingerprint density at radius 3 is 2.12 bits per heavy atom. The van der Waals surface area contributed by atoms with E-state index in [1.807, 2.05) is 6.92 Å². The molecule has 0 radical (unpaired) electrons. The molecule has 0 rings (SSSR count). The first-order chi connectivity index (χ1) is 7.25. The molecule has 0 aromatic heterocycles. The molecule has 92 valence electrons. The zero-order chi connectivity index (χ0) is 12.9. The Kier molecular flexibility index (Phi) is 5.56. The highest BCUT2D eigenvalue weighted by Gasteiger charge is 2.22. The molecule has 0 saturated heterocycles. The van der Waals surface area contributed by atoms with Crippen LogP contribution in [-0.4, -0.2) is 53.1 Å². The van der Waals surface area contributed by atoms with Gasteiger partial charge in [-0.2, -0.15) is 0 Å². The van der Waals surface area contributed by atoms with Crippen LogP contribution in [0.25, 0.3) is 0 Å². The summed E-state index contributed by atoms with van der Waals surface area (Å²) in [5, 5.41) is 8.72. The summed E-state index contributed by atoms with van der Waals surface area (Å²) in [6.07, 6.45) is 0. The molecule has 5 heteroatoms. The van der Waals surface area contributed by atoms with Crippen molar-refractivity contribution < 1.29 is 14.7 Å². The highest BCUT2D eigenvalue weighted by Crippen LogP contribution is 2.04. The second-order valence-electron chi connectivity index (χ2n) is 4.21. The van der Waals surface area contributed by atoms with Gasteiger partial charge in [-0.3, -0.25) is 4.79 Å². The number of carboxylic acids is 1. The van der Waals surface area contributed by atoms with Gasteiger partial charge in [0, 0.05) is 19.6 Å². The Morgan fingerprint density at radius 2 is 1.81 bits per heavy atom. The van der Waals surface area contributed by atoms with E-state index in [1.54, 1.807) is 20.9 Å². The summed E-state index contributed by atoms with van der Waals surface area (Å²) in [7, 11) is 1.63. The SMILES string of the molecule is C=C(C)CN(C)C(=O)N(CC(=O)O)C(C)C. The quantitative estimate of drug-likeness (QED) is 0.724. The van der Waals surface area contributed by atoms with Gasteiger partial charge < -0.3 is 14.9 Å². The predicted molar refractivity (Wildman–Crippen MR) is 62.3 cm³/mol. The second-order valence-corrected chi connectivity index (χ2v) is 4.21. The number of likely N-dealkylation sites (N-methyl/N-ethyl adjacent to an activating group) is 1. The van der Waals surface area contributed by atoms with Crippen molar-refractivity contribution in [1.29, 1.82) is 0 Å². The molecule has 16 heavy (non-hydrogen) atoms. The van der Waals surface area contributed by atoms with Crippen molar-refractivity contribution in [3.05, 3.63) is 12.2 Å². The molecule has 0 aromatic carbocycles. The summed E-state index contributed by atoms with van der Waals surface area (Å²) in [4.78, 5) is 25.3. The molecule has 0 unspecified atom stereocenters. The Morgan fingerprint density at radius 1 is 1.31 bits per heavy atom. The standard InChI is InChI=1S/C11H20N2O3/c1-8(2)6-12(5)11(16)13(9(3)4)7-10(14)15/h9H,1,6-7H2,2-5H3,(H,14,15). The van der Waals surface area contributed by atoms with Gasteiger partial charge in [-0.1, -0.05) is 12.2 Å². The lowest BCUT2D eigenvalue weighted by molar-refractivity contribution is -0.138. The van der Waals surface area contributed by atoms with Crippen LogP contribution in [0, 0.1) is 0 Å². The Hall–Kier alpha value is -1.52. The molecule has 0 aromatic rings. The van der Waals surface area contributed by atoms with Gasteiger partial charge in [0.2, 0.25) is 0 Å². The van der Waals surface area contributed by atoms with Crippen molar-refractivity contribution in [2.24, 2.45) is 0 Å². The van der Waals surface area contributed by atoms with E-state index in [0.717, 1.165) is 5.57 Å². The van der Waals surface area contributed by atoms with Crippen LogP contribution in [0.5, 0.6) is 0 Å². The van der Waals surface area contributed by atoms with E-state index in [1.165, 1.54) is 9.80 Å². The van der Waals surface area contributed by atoms with E-state index in [2.05, 4.69) is 6.58 Å². The third-order valence-electron chi connectivity index (χ3n) is 2.01. The largest absolute Gasteiger partial charge is 0.480 e. The van der Waals surface area contributed by atoms with Crippen LogP contribution >= 0.6 is 0 Å². The highest BCUT2D eigenvalue weighted by atomic mass is 16.4. The molecular weight excluding hydrogens is 208 g/mol. The number of carbonyl (C=O) groups excluding carboxylic acids is 1. The summed E-state index contributed by atoms with van der Waals surface area (Å²) in [6, 6.07) is -0.434. The van der Waals surface area contributed by atoms with Gasteiger partial charge in [0.25, 0.3) is 0 Å². The fourth-order valence-electron chi connectivity index (χ4n) is 1.31. The van der Waals surface area contributed by atoms with E-state index in [0.29, 0.717) is 6.54 Å². The first-order valence-corrected chi connectivity index (χ1v) is 5.13. The van der Waals surface area contributed by atoms with Gasteiger partial charge >= 0.3 is 12.0 Å². The molecule has 0 saturated carbocycles. The number of urea groups is 1. The lowest BCUT2D eigenvalue weighted by Crippen LogP contribution is -2.47. The molecule has 0 atom stereocenters. The number of carbonyl (C=O) groups is 2. The van der Waals surface area contributed by atoms with Crippen LogP contribution in [0.15, 0.2) is 12.2 Å². The normalized spacial score (nSPS) is 10.1. The van der Waals surface area contributed by atoms with Gasteiger partial charge in [0.1, 0.15) is 6.54 Å². The van der Waals surface area contributed by atoms with Gasteiger partial charge in [-0.15, -0.1) is 0 Å². The number of amides is 2. The molecule has 0 aliphatic heterocycles. The van der Waals surface area contributed by atoms with Gasteiger partial charge in [-0.25, -0.2) is 4.79 Å². The van der Waals surface area contributed by atoms with E-state index in [-0.39, 0.29) is 18.6 Å². The van der Waals surface area contributed by atoms with Crippen LogP contribution in [-0.2, 0) is 4.79 Å². The summed E-state index contributed by atoms with van der Waals surface area (Å²) in [5.41, 5.74) is 0.856. The highest BCUT2D eigenvalue weighted by molar-refractivity contribution is 5.80. The van der Waals surface area contributed by atoms with Gasteiger partial charge in [0.15, 0.2) is 0 Å². The molecule has 2 amide bonds. The van der Waals surface area contributed by atoms with Crippen molar-refractivity contribution in [1.82, 2.24) is 9.80 Å². The average molecular weight is 228 g/mol. The Balaban J connectivity index is 4.60. The molecule has 0 fully saturated rings. The average Bonchev–Trinajstić information content (AvgIpc) is 2.11. The van der Waals surface area contributed by atoms with Crippen molar-refractivity contribution in [3.63, 3.8) is 0 Å². The fourth-order valence-corrected chi connectivity index (χ4v) is 1.31. The van der Waals surface area contributed by atoms with Gasteiger partial charge in [-0.05, 0) is 20.8 Å². The summed E-state index contributed by atoms with van der Waals surface area (Å²) in [6.45, 7) is 9.26. The molecule has 0 heterocycles. The first kappa shape index (κ1) is 14.5. The molecule has 5 nitrogen and oxygen atoms in total. The van der Waals surface area contributed by atoms with E-state index < -0.39 is 5.97 Å². The van der Waals surface area contributed by atoms with Crippen LogP contribution < -0.4 is 0 Å². The fraction of sp³-hybridized carbons (Fsp3) is 0.636. The van der Waals surface area contributed by atoms with Crippen LogP contribution in [0.2, 0.25) is 0 Å². The van der Waals surface area contributed by atoms with E-state index >= 15 is 0 Å². The number of carboxylic acid groups (broad SMARTS) is 1. The van der Waals surface area contributed by atoms with Crippen molar-refractivity contribution in [3.8, 4) is 0 Å². The Labute approximate surface area is 96.3 Å². The molecule has 0 aliphatic carbocycles. The monoisotopic (exact) mass is 228 g/mol. The van der Waals surface area contributed by atoms with Crippen LogP contribution in [0.3, 0.4) is 0 Å². The number of nitrogens with zero attached hydrogens (tertiary/aromatic N) is 2. The number of rotatable bonds is 5. The number of hydrogen-bond donors (Lipinski definition) is 1. The maximum atomic E-state index is 11.9. The molecule has 0 spiro atoms. The molecular formula is C11H20N2O3. The lowest BCUT2D eigenvalue weighted by atomic mass is 10.3. The van der Waals surface area contributed by atoms with E-state index in [4.69, 9.17) is 5.11 Å². The van der Waals surface area contributed by atoms with Crippen LogP contribution in [0.1, 0.15) is 20.8 Å². The third kappa shape index (κ3) is 4.82. The number of aliphatic carboxylic acids is 1. The first-order valence-electron chi connectivity index (χ1n) is 5.13. The predicted octanol–water partition coefficient (Wildman–Crippen LogP) is 1.41. The van der Waals surface area contributed by atoms with Gasteiger partial charge in [0.05, 0.1) is 0 Å². The second kappa shape index (κ2) is 6.15. The third-order valence-corrected chi connectivity index (χ3v) is 2.01. The summed E-state index contributed by atoms with van der Waals surface area (Å²) in [5.74, 6) is -1.01. The Bertz CT molecular complexity index is 287. The maximum Gasteiger partial charge on any atom is 0.323 e. The minimum absolute atomic E-state index is 0.142. The zero-order valence-electron chi connectivity index (χ0n) is 10.4. The number of hydrogen-bond acceptors (Lipinski definition) is 2. The summed E-state index contributed by atoms with van der Waals surface area (Å²) < 4.78 is 0. The smallest absolute Gasteiger partial charge is 0.323 e. The summed E-state index contributed by atoms with van der Waals surface area (Å²) >= 11 is 0. The zero-order valence-corrected chi connectivity index (χ0v) is 10.4. The minimum atomic E-state index is -1.01. The van der Waals surface area contributed by atoms with Crippen molar-refractivity contribution in [2.45, 2.75) is 26.8 Å². The lowest BCUT2D eigenvalue weighted by Gasteiger charge is -2.30. The van der Waals surface area contributed by atoms with Crippen molar-refractivity contribution >= 4 is 12.0 Å². The van der Waals surface area contributed by atoms with Crippen molar-refractivity contribution in [2.75, 3.05) is 20.1 Å². The molecule has 0 aliphatic rings. The minimum Gasteiger partial charge on any atom is -0.480 e. The van der Waals surface area contributed by atoms with E-state index in [9.17, 15) is 9.59 Å². The maximum absolute atomic E-state index is 11.9. The molecule has 1 N–H and O–H groups in total. The topological polar surface area (TPSA) is 60.9 Å². The molecule has 0 bridgehead atoms. The van der Waals surface area contributed by atoms with Crippen LogP contribution in [0.4, 0.5) is 4.79 Å².